The second-order valence-corrected chi connectivity index (χ2v) is 4.49. The molecule has 1 rings (SSSR count). The number of carboxylic acid groups (broad SMARTS) is 1. The number of nitrogens with one attached hydrogen (secondary N) is 1. The SMILES string of the molecule is COCC(C)CNc1snc(C)c1C(=O)O. The minimum Gasteiger partial charge on any atom is -0.478 e. The summed E-state index contributed by atoms with van der Waals surface area (Å²) in [4.78, 5) is 11.0. The summed E-state index contributed by atoms with van der Waals surface area (Å²) < 4.78 is 9.04. The molecule has 0 spiro atoms. The molecule has 1 atom stereocenters. The normalized spacial score (nSPS) is 12.4. The van der Waals surface area contributed by atoms with Crippen LogP contribution in [0.15, 0.2) is 0 Å². The summed E-state index contributed by atoms with van der Waals surface area (Å²) >= 11 is 1.18. The summed E-state index contributed by atoms with van der Waals surface area (Å²) in [6.45, 7) is 5.05. The van der Waals surface area contributed by atoms with E-state index in [4.69, 9.17) is 9.84 Å². The number of aromatic nitrogens is 1. The lowest BCUT2D eigenvalue weighted by atomic mass is 10.2. The van der Waals surface area contributed by atoms with E-state index in [1.807, 2.05) is 6.92 Å². The maximum atomic E-state index is 11.0. The van der Waals surface area contributed by atoms with E-state index in [-0.39, 0.29) is 5.56 Å². The van der Waals surface area contributed by atoms with Crippen LogP contribution in [0.25, 0.3) is 0 Å². The largest absolute Gasteiger partial charge is 0.478 e. The third-order valence-corrected chi connectivity index (χ3v) is 3.04. The summed E-state index contributed by atoms with van der Waals surface area (Å²) in [6.07, 6.45) is 0. The number of aromatic carboxylic acids is 1. The van der Waals surface area contributed by atoms with E-state index in [1.54, 1.807) is 14.0 Å². The topological polar surface area (TPSA) is 71.5 Å². The van der Waals surface area contributed by atoms with Crippen molar-refractivity contribution in [3.05, 3.63) is 11.3 Å². The summed E-state index contributed by atoms with van der Waals surface area (Å²) in [5.41, 5.74) is 0.828. The highest BCUT2D eigenvalue weighted by molar-refractivity contribution is 7.10. The van der Waals surface area contributed by atoms with Gasteiger partial charge in [0.25, 0.3) is 0 Å². The van der Waals surface area contributed by atoms with Gasteiger partial charge < -0.3 is 15.2 Å². The van der Waals surface area contributed by atoms with Crippen LogP contribution in [0.2, 0.25) is 0 Å². The first-order valence-electron chi connectivity index (χ1n) is 4.98. The standard InChI is InChI=1S/C10H16N2O3S/c1-6(5-15-3)4-11-9-8(10(13)14)7(2)12-16-9/h6,11H,4-5H2,1-3H3,(H,13,14). The molecule has 0 bridgehead atoms. The van der Waals surface area contributed by atoms with Gasteiger partial charge in [-0.2, -0.15) is 4.37 Å². The predicted octanol–water partition coefficient (Wildman–Crippen LogP) is 1.84. The summed E-state index contributed by atoms with van der Waals surface area (Å²) in [5.74, 6) is -0.609. The molecule has 16 heavy (non-hydrogen) atoms. The molecule has 0 aliphatic carbocycles. The Morgan fingerprint density at radius 3 is 2.94 bits per heavy atom. The van der Waals surface area contributed by atoms with E-state index < -0.39 is 5.97 Å². The van der Waals surface area contributed by atoms with Crippen LogP contribution in [0.3, 0.4) is 0 Å². The molecule has 0 radical (unpaired) electrons. The Morgan fingerprint density at radius 2 is 2.38 bits per heavy atom. The van der Waals surface area contributed by atoms with Crippen molar-refractivity contribution in [3.8, 4) is 0 Å². The number of hydrogen-bond acceptors (Lipinski definition) is 5. The van der Waals surface area contributed by atoms with E-state index in [2.05, 4.69) is 9.69 Å². The Hall–Kier alpha value is -1.14. The second-order valence-electron chi connectivity index (χ2n) is 3.72. The van der Waals surface area contributed by atoms with Crippen molar-refractivity contribution in [1.82, 2.24) is 4.37 Å². The highest BCUT2D eigenvalue weighted by Gasteiger charge is 2.17. The van der Waals surface area contributed by atoms with Crippen molar-refractivity contribution >= 4 is 22.5 Å². The van der Waals surface area contributed by atoms with Gasteiger partial charge in [-0.3, -0.25) is 0 Å². The highest BCUT2D eigenvalue weighted by atomic mass is 32.1. The minimum atomic E-state index is -0.937. The molecule has 5 nitrogen and oxygen atoms in total. The number of rotatable bonds is 6. The van der Waals surface area contributed by atoms with Gasteiger partial charge in [0, 0.05) is 13.7 Å². The van der Waals surface area contributed by atoms with Crippen molar-refractivity contribution in [1.29, 1.82) is 0 Å². The molecule has 6 heteroatoms. The molecule has 1 aromatic heterocycles. The van der Waals surface area contributed by atoms with Crippen molar-refractivity contribution in [2.45, 2.75) is 13.8 Å². The van der Waals surface area contributed by atoms with Crippen LogP contribution < -0.4 is 5.32 Å². The number of methoxy groups -OCH3 is 1. The molecule has 0 aliphatic rings. The summed E-state index contributed by atoms with van der Waals surface area (Å²) in [6, 6.07) is 0. The third kappa shape index (κ3) is 3.18. The zero-order valence-electron chi connectivity index (χ0n) is 9.61. The Bertz CT molecular complexity index is 365. The van der Waals surface area contributed by atoms with E-state index in [9.17, 15) is 4.79 Å². The van der Waals surface area contributed by atoms with Gasteiger partial charge in [0.2, 0.25) is 0 Å². The van der Waals surface area contributed by atoms with Crippen LogP contribution in [0.1, 0.15) is 23.0 Å². The molecule has 1 aromatic rings. The Kier molecular flexibility index (Phi) is 4.70. The number of carboxylic acids is 1. The van der Waals surface area contributed by atoms with Crippen LogP contribution in [0.5, 0.6) is 0 Å². The van der Waals surface area contributed by atoms with Crippen LogP contribution in [0, 0.1) is 12.8 Å². The van der Waals surface area contributed by atoms with Crippen molar-refractivity contribution in [2.75, 3.05) is 25.6 Å². The first-order chi connectivity index (χ1) is 7.56. The zero-order valence-corrected chi connectivity index (χ0v) is 10.4. The molecule has 1 unspecified atom stereocenters. The fourth-order valence-electron chi connectivity index (χ4n) is 1.35. The molecule has 0 saturated heterocycles. The number of nitrogens with zero attached hydrogens (tertiary/aromatic N) is 1. The van der Waals surface area contributed by atoms with Gasteiger partial charge in [0.05, 0.1) is 12.3 Å². The van der Waals surface area contributed by atoms with E-state index in [0.717, 1.165) is 0 Å². The van der Waals surface area contributed by atoms with Crippen molar-refractivity contribution in [2.24, 2.45) is 5.92 Å². The first kappa shape index (κ1) is 12.9. The van der Waals surface area contributed by atoms with Crippen LogP contribution in [-0.4, -0.2) is 35.7 Å². The Morgan fingerprint density at radius 1 is 1.69 bits per heavy atom. The second kappa shape index (κ2) is 5.81. The van der Waals surface area contributed by atoms with Crippen molar-refractivity contribution < 1.29 is 14.6 Å². The zero-order chi connectivity index (χ0) is 12.1. The maximum absolute atomic E-state index is 11.0. The van der Waals surface area contributed by atoms with Crippen LogP contribution >= 0.6 is 11.5 Å². The molecule has 0 amide bonds. The molecule has 0 saturated carbocycles. The van der Waals surface area contributed by atoms with Gasteiger partial charge in [-0.1, -0.05) is 6.92 Å². The van der Waals surface area contributed by atoms with E-state index >= 15 is 0 Å². The third-order valence-electron chi connectivity index (χ3n) is 2.14. The average molecular weight is 244 g/mol. The fourth-order valence-corrected chi connectivity index (χ4v) is 2.15. The summed E-state index contributed by atoms with van der Waals surface area (Å²) in [7, 11) is 1.65. The van der Waals surface area contributed by atoms with Gasteiger partial charge in [-0.15, -0.1) is 0 Å². The Labute approximate surface area is 98.6 Å². The molecular weight excluding hydrogens is 228 g/mol. The molecule has 90 valence electrons. The number of carbonyl (C=O) groups is 1. The van der Waals surface area contributed by atoms with Gasteiger partial charge in [0.15, 0.2) is 0 Å². The summed E-state index contributed by atoms with van der Waals surface area (Å²) in [5, 5.41) is 12.7. The molecule has 0 aromatic carbocycles. The molecule has 0 aliphatic heterocycles. The van der Waals surface area contributed by atoms with Crippen LogP contribution in [0.4, 0.5) is 5.00 Å². The number of hydrogen-bond donors (Lipinski definition) is 2. The highest BCUT2D eigenvalue weighted by Crippen LogP contribution is 2.24. The van der Waals surface area contributed by atoms with Gasteiger partial charge in [0.1, 0.15) is 10.6 Å². The molecule has 2 N–H and O–H groups in total. The minimum absolute atomic E-state index is 0.273. The lowest BCUT2D eigenvalue weighted by Gasteiger charge is -2.11. The lowest BCUT2D eigenvalue weighted by molar-refractivity contribution is 0.0697. The van der Waals surface area contributed by atoms with Gasteiger partial charge in [-0.25, -0.2) is 4.79 Å². The van der Waals surface area contributed by atoms with E-state index in [1.165, 1.54) is 11.5 Å². The number of anilines is 1. The van der Waals surface area contributed by atoms with Gasteiger partial charge in [-0.05, 0) is 24.4 Å². The fraction of sp³-hybridized carbons (Fsp3) is 0.600. The molecule has 1 heterocycles. The lowest BCUT2D eigenvalue weighted by Crippen LogP contribution is -2.16. The first-order valence-corrected chi connectivity index (χ1v) is 5.76. The monoisotopic (exact) mass is 244 g/mol. The van der Waals surface area contributed by atoms with Crippen LogP contribution in [-0.2, 0) is 4.74 Å². The number of aryl methyl sites for hydroxylation is 1. The average Bonchev–Trinajstić information content (AvgIpc) is 2.57. The number of ether oxygens (including phenoxy) is 1. The molecule has 0 fully saturated rings. The Balaban J connectivity index is 2.64. The van der Waals surface area contributed by atoms with Crippen molar-refractivity contribution in [3.63, 3.8) is 0 Å². The quantitative estimate of drug-likeness (QED) is 0.799. The van der Waals surface area contributed by atoms with Gasteiger partial charge >= 0.3 is 5.97 Å². The van der Waals surface area contributed by atoms with E-state index in [0.29, 0.717) is 29.8 Å². The molecular formula is C10H16N2O3S. The maximum Gasteiger partial charge on any atom is 0.340 e. The smallest absolute Gasteiger partial charge is 0.340 e. The predicted molar refractivity (Wildman–Crippen MR) is 63.3 cm³/mol.